The van der Waals surface area contributed by atoms with E-state index in [9.17, 15) is 4.79 Å². The molecule has 2 aromatic heterocycles. The van der Waals surface area contributed by atoms with E-state index >= 15 is 0 Å². The molecule has 0 spiro atoms. The number of amides is 1. The summed E-state index contributed by atoms with van der Waals surface area (Å²) in [7, 11) is 0. The maximum atomic E-state index is 12.9. The zero-order valence-corrected chi connectivity index (χ0v) is 13.6. The molecule has 1 N–H and O–H groups in total. The van der Waals surface area contributed by atoms with Crippen LogP contribution in [-0.2, 0) is 6.42 Å². The lowest BCUT2D eigenvalue weighted by Gasteiger charge is -2.16. The fourth-order valence-electron chi connectivity index (χ4n) is 2.87. The van der Waals surface area contributed by atoms with Crippen LogP contribution in [0.15, 0.2) is 47.1 Å². The third-order valence-electron chi connectivity index (χ3n) is 4.12. The molecule has 1 amide bonds. The van der Waals surface area contributed by atoms with Gasteiger partial charge in [-0.15, -0.1) is 0 Å². The van der Waals surface area contributed by atoms with E-state index in [-0.39, 0.29) is 11.9 Å². The van der Waals surface area contributed by atoms with E-state index in [0.717, 1.165) is 34.3 Å². The zero-order chi connectivity index (χ0) is 16.4. The van der Waals surface area contributed by atoms with E-state index in [4.69, 9.17) is 4.42 Å². The van der Waals surface area contributed by atoms with Gasteiger partial charge in [0.2, 0.25) is 0 Å². The summed E-state index contributed by atoms with van der Waals surface area (Å²) in [5.41, 5.74) is 3.45. The molecule has 1 aromatic carbocycles. The molecule has 3 aromatic rings. The van der Waals surface area contributed by atoms with Gasteiger partial charge in [-0.05, 0) is 44.0 Å². The van der Waals surface area contributed by atoms with Crippen LogP contribution in [0.1, 0.15) is 47.3 Å². The van der Waals surface area contributed by atoms with Gasteiger partial charge in [0.25, 0.3) is 5.91 Å². The molecule has 118 valence electrons. The Morgan fingerprint density at radius 2 is 2.04 bits per heavy atom. The molecule has 0 aliphatic heterocycles. The van der Waals surface area contributed by atoms with Crippen molar-refractivity contribution in [3.05, 3.63) is 65.2 Å². The van der Waals surface area contributed by atoms with Gasteiger partial charge >= 0.3 is 0 Å². The summed E-state index contributed by atoms with van der Waals surface area (Å²) < 4.78 is 5.37. The Balaban J connectivity index is 2.04. The van der Waals surface area contributed by atoms with Crippen LogP contribution in [0.3, 0.4) is 0 Å². The van der Waals surface area contributed by atoms with Crippen molar-refractivity contribution in [2.45, 2.75) is 33.2 Å². The first-order chi connectivity index (χ1) is 11.1. The van der Waals surface area contributed by atoms with Crippen LogP contribution in [0.4, 0.5) is 0 Å². The molecular weight excluding hydrogens is 288 g/mol. The first-order valence-corrected chi connectivity index (χ1v) is 7.84. The molecule has 23 heavy (non-hydrogen) atoms. The fraction of sp³-hybridized carbons (Fsp3) is 0.263. The number of benzene rings is 1. The topological polar surface area (TPSA) is 55.1 Å². The molecule has 0 aliphatic rings. The van der Waals surface area contributed by atoms with E-state index in [2.05, 4.69) is 17.2 Å². The van der Waals surface area contributed by atoms with Gasteiger partial charge in [-0.2, -0.15) is 0 Å². The number of carbonyl (C=O) groups excluding carboxylic acids is 1. The molecular formula is C19H20N2O2. The van der Waals surface area contributed by atoms with Crippen molar-refractivity contribution in [1.82, 2.24) is 10.3 Å². The number of nitrogens with one attached hydrogen (secondary N) is 1. The highest BCUT2D eigenvalue weighted by atomic mass is 16.3. The minimum Gasteiger partial charge on any atom is -0.467 e. The summed E-state index contributed by atoms with van der Waals surface area (Å²) in [6.45, 7) is 5.93. The van der Waals surface area contributed by atoms with Gasteiger partial charge in [0.05, 0.1) is 23.4 Å². The van der Waals surface area contributed by atoms with E-state index in [0.29, 0.717) is 5.56 Å². The number of pyridine rings is 1. The molecule has 4 nitrogen and oxygen atoms in total. The number of para-hydroxylation sites is 1. The van der Waals surface area contributed by atoms with Gasteiger partial charge in [-0.3, -0.25) is 9.78 Å². The summed E-state index contributed by atoms with van der Waals surface area (Å²) in [6.07, 6.45) is 2.41. The van der Waals surface area contributed by atoms with Crippen LogP contribution >= 0.6 is 0 Å². The predicted octanol–water partition coefficient (Wildman–Crippen LogP) is 4.19. The van der Waals surface area contributed by atoms with Crippen molar-refractivity contribution >= 4 is 16.8 Å². The van der Waals surface area contributed by atoms with Crippen molar-refractivity contribution in [3.8, 4) is 0 Å². The zero-order valence-electron chi connectivity index (χ0n) is 13.6. The van der Waals surface area contributed by atoms with Crippen LogP contribution in [0.25, 0.3) is 10.9 Å². The number of hydrogen-bond acceptors (Lipinski definition) is 3. The van der Waals surface area contributed by atoms with Crippen LogP contribution in [-0.4, -0.2) is 10.9 Å². The molecule has 0 aliphatic carbocycles. The lowest BCUT2D eigenvalue weighted by atomic mass is 9.99. The Bertz CT molecular complexity index is 838. The monoisotopic (exact) mass is 308 g/mol. The number of carbonyl (C=O) groups is 1. The second-order valence-electron chi connectivity index (χ2n) is 5.64. The third-order valence-corrected chi connectivity index (χ3v) is 4.12. The summed E-state index contributed by atoms with van der Waals surface area (Å²) in [5, 5.41) is 3.90. The van der Waals surface area contributed by atoms with E-state index in [1.807, 2.05) is 50.2 Å². The molecule has 0 saturated carbocycles. The van der Waals surface area contributed by atoms with Crippen molar-refractivity contribution in [1.29, 1.82) is 0 Å². The number of furan rings is 1. The lowest BCUT2D eigenvalue weighted by Crippen LogP contribution is -2.27. The molecule has 0 bridgehead atoms. The Morgan fingerprint density at radius 3 is 2.74 bits per heavy atom. The molecule has 1 unspecified atom stereocenters. The number of aryl methyl sites for hydroxylation is 1. The van der Waals surface area contributed by atoms with Gasteiger partial charge in [0.1, 0.15) is 5.76 Å². The highest BCUT2D eigenvalue weighted by Gasteiger charge is 2.20. The van der Waals surface area contributed by atoms with E-state index < -0.39 is 0 Å². The van der Waals surface area contributed by atoms with Crippen LogP contribution in [0.2, 0.25) is 0 Å². The number of fused-ring (bicyclic) bond motifs is 1. The largest absolute Gasteiger partial charge is 0.467 e. The van der Waals surface area contributed by atoms with Crippen LogP contribution in [0, 0.1) is 6.92 Å². The minimum atomic E-state index is -0.186. The normalized spacial score (nSPS) is 12.3. The Morgan fingerprint density at radius 1 is 1.26 bits per heavy atom. The highest BCUT2D eigenvalue weighted by molar-refractivity contribution is 6.07. The average Bonchev–Trinajstić information content (AvgIpc) is 3.08. The highest BCUT2D eigenvalue weighted by Crippen LogP contribution is 2.24. The fourth-order valence-corrected chi connectivity index (χ4v) is 2.87. The summed E-state index contributed by atoms with van der Waals surface area (Å²) in [6, 6.07) is 11.3. The van der Waals surface area contributed by atoms with Gasteiger partial charge in [-0.1, -0.05) is 25.1 Å². The minimum absolute atomic E-state index is 0.0975. The summed E-state index contributed by atoms with van der Waals surface area (Å²) >= 11 is 0. The lowest BCUT2D eigenvalue weighted by molar-refractivity contribution is 0.0936. The van der Waals surface area contributed by atoms with Crippen LogP contribution in [0.5, 0.6) is 0 Å². The first-order valence-electron chi connectivity index (χ1n) is 7.84. The summed E-state index contributed by atoms with van der Waals surface area (Å²) in [5.74, 6) is 0.643. The number of rotatable bonds is 4. The number of nitrogens with zero attached hydrogens (tertiary/aromatic N) is 1. The van der Waals surface area contributed by atoms with Gasteiger partial charge in [0.15, 0.2) is 0 Å². The SMILES string of the molecule is CCc1nc2ccccc2c(C(=O)NC(C)c2ccco2)c1C. The molecule has 0 radical (unpaired) electrons. The number of hydrogen-bond donors (Lipinski definition) is 1. The van der Waals surface area contributed by atoms with E-state index in [1.165, 1.54) is 0 Å². The van der Waals surface area contributed by atoms with Gasteiger partial charge in [-0.25, -0.2) is 0 Å². The summed E-state index contributed by atoms with van der Waals surface area (Å²) in [4.78, 5) is 17.5. The van der Waals surface area contributed by atoms with Crippen molar-refractivity contribution in [2.75, 3.05) is 0 Å². The maximum Gasteiger partial charge on any atom is 0.252 e. The van der Waals surface area contributed by atoms with Gasteiger partial charge in [0, 0.05) is 11.1 Å². The molecule has 3 rings (SSSR count). The Kier molecular flexibility index (Phi) is 4.15. The quantitative estimate of drug-likeness (QED) is 0.786. The third kappa shape index (κ3) is 2.84. The van der Waals surface area contributed by atoms with Crippen LogP contribution < -0.4 is 5.32 Å². The molecule has 0 fully saturated rings. The Labute approximate surface area is 135 Å². The van der Waals surface area contributed by atoms with E-state index in [1.54, 1.807) is 6.26 Å². The van der Waals surface area contributed by atoms with Gasteiger partial charge < -0.3 is 9.73 Å². The molecule has 2 heterocycles. The van der Waals surface area contributed by atoms with Crippen molar-refractivity contribution in [2.24, 2.45) is 0 Å². The maximum absolute atomic E-state index is 12.9. The molecule has 4 heteroatoms. The second-order valence-corrected chi connectivity index (χ2v) is 5.64. The Hall–Kier alpha value is -2.62. The molecule has 0 saturated heterocycles. The molecule has 1 atom stereocenters. The smallest absolute Gasteiger partial charge is 0.252 e. The predicted molar refractivity (Wildman–Crippen MR) is 90.4 cm³/mol. The standard InChI is InChI=1S/C19H20N2O2/c1-4-15-12(2)18(14-8-5-6-9-16(14)21-15)19(22)20-13(3)17-10-7-11-23-17/h5-11,13H,4H2,1-3H3,(H,20,22). The number of aromatic nitrogens is 1. The van der Waals surface area contributed by atoms with Crippen molar-refractivity contribution < 1.29 is 9.21 Å². The second kappa shape index (κ2) is 6.24. The average molecular weight is 308 g/mol. The first kappa shape index (κ1) is 15.3. The van der Waals surface area contributed by atoms with Crippen molar-refractivity contribution in [3.63, 3.8) is 0 Å².